The van der Waals surface area contributed by atoms with Gasteiger partial charge in [-0.05, 0) is 26.2 Å². The Morgan fingerprint density at radius 3 is 2.68 bits per heavy atom. The number of hydrogen-bond acceptors (Lipinski definition) is 8. The molecule has 41 heavy (non-hydrogen) atoms. The lowest BCUT2D eigenvalue weighted by Crippen LogP contribution is -2.29. The quantitative estimate of drug-likeness (QED) is 0.200. The van der Waals surface area contributed by atoms with Crippen LogP contribution in [0.2, 0.25) is 0 Å². The van der Waals surface area contributed by atoms with E-state index in [1.165, 1.54) is 12.3 Å². The number of allylic oxidation sites excluding steroid dienone is 2. The Labute approximate surface area is 240 Å². The molecule has 10 nitrogen and oxygen atoms in total. The summed E-state index contributed by atoms with van der Waals surface area (Å²) >= 11 is 0. The maximum atomic E-state index is 12.6. The summed E-state index contributed by atoms with van der Waals surface area (Å²) in [6.45, 7) is 5.17. The van der Waals surface area contributed by atoms with Crippen LogP contribution in [-0.4, -0.2) is 66.7 Å². The molecule has 0 unspecified atom stereocenters. The molecule has 2 aromatic heterocycles. The molecular weight excluding hydrogens is 516 g/mol. The molecule has 2 aromatic carbocycles. The van der Waals surface area contributed by atoms with Gasteiger partial charge in [-0.15, -0.1) is 0 Å². The van der Waals surface area contributed by atoms with Gasteiger partial charge in [-0.2, -0.15) is 5.26 Å². The third kappa shape index (κ3) is 6.54. The molecule has 0 saturated carbocycles. The van der Waals surface area contributed by atoms with E-state index in [4.69, 9.17) is 9.72 Å². The van der Waals surface area contributed by atoms with Gasteiger partial charge in [-0.25, -0.2) is 9.97 Å². The van der Waals surface area contributed by atoms with Crippen molar-refractivity contribution in [3.05, 3.63) is 79.2 Å². The summed E-state index contributed by atoms with van der Waals surface area (Å²) in [5.41, 5.74) is 4.65. The van der Waals surface area contributed by atoms with E-state index >= 15 is 0 Å². The number of benzene rings is 2. The summed E-state index contributed by atoms with van der Waals surface area (Å²) in [5, 5.41) is 17.0. The molecule has 0 bridgehead atoms. The number of nitrogens with one attached hydrogen (secondary N) is 2. The van der Waals surface area contributed by atoms with Gasteiger partial charge in [0.15, 0.2) is 0 Å². The van der Waals surface area contributed by atoms with Crippen molar-refractivity contribution in [1.29, 1.82) is 5.26 Å². The highest BCUT2D eigenvalue weighted by Crippen LogP contribution is 2.38. The number of para-hydroxylation sites is 1. The zero-order valence-electron chi connectivity index (χ0n) is 24.0. The second-order valence-corrected chi connectivity index (χ2v) is 9.74. The highest BCUT2D eigenvalue weighted by atomic mass is 16.5. The number of anilines is 4. The lowest BCUT2D eigenvalue weighted by atomic mass is 10.1. The van der Waals surface area contributed by atoms with Crippen molar-refractivity contribution < 1.29 is 9.53 Å². The van der Waals surface area contributed by atoms with E-state index in [1.807, 2.05) is 69.3 Å². The standard InChI is InChI=1S/C31H34N8O2/c1-7-8-13-29(40)34-24-16-25(28(41-6)17-27(24)38(4)15-14-37(2)3)35-31-33-19-21(18-32)30(36-31)23-20-39(5)26-12-10-9-11-22(23)26/h7-13,16-17,19-20H,1,14-15H2,2-6H3,(H,34,40)(H,33,35,36)/b13-8+. The van der Waals surface area contributed by atoms with Crippen LogP contribution in [0.15, 0.2) is 73.6 Å². The van der Waals surface area contributed by atoms with Gasteiger partial charge in [0, 0.05) is 62.0 Å². The van der Waals surface area contributed by atoms with Crippen LogP contribution < -0.4 is 20.3 Å². The van der Waals surface area contributed by atoms with E-state index in [9.17, 15) is 10.1 Å². The van der Waals surface area contributed by atoms with Crippen LogP contribution >= 0.6 is 0 Å². The van der Waals surface area contributed by atoms with Crippen molar-refractivity contribution >= 4 is 39.8 Å². The SMILES string of the molecule is C=C/C=C/C(=O)Nc1cc(Nc2ncc(C#N)c(-c3cn(C)c4ccccc34)n2)c(OC)cc1N(C)CCN(C)C. The summed E-state index contributed by atoms with van der Waals surface area (Å²) in [7, 11) is 9.51. The maximum absolute atomic E-state index is 12.6. The number of nitriles is 1. The summed E-state index contributed by atoms with van der Waals surface area (Å²) < 4.78 is 7.73. The topological polar surface area (TPSA) is 111 Å². The number of carbonyl (C=O) groups is 1. The minimum absolute atomic E-state index is 0.280. The summed E-state index contributed by atoms with van der Waals surface area (Å²) in [6.07, 6.45) is 7.99. The van der Waals surface area contributed by atoms with Crippen molar-refractivity contribution in [2.75, 3.05) is 56.9 Å². The molecular formula is C31H34N8O2. The average molecular weight is 551 g/mol. The number of rotatable bonds is 11. The Balaban J connectivity index is 1.77. The molecule has 2 N–H and O–H groups in total. The van der Waals surface area contributed by atoms with Gasteiger partial charge in [-0.3, -0.25) is 4.79 Å². The fourth-order valence-corrected chi connectivity index (χ4v) is 4.43. The molecule has 0 aliphatic rings. The smallest absolute Gasteiger partial charge is 0.248 e. The Morgan fingerprint density at radius 1 is 1.20 bits per heavy atom. The maximum Gasteiger partial charge on any atom is 0.248 e. The largest absolute Gasteiger partial charge is 0.494 e. The normalized spacial score (nSPS) is 11.0. The third-order valence-electron chi connectivity index (χ3n) is 6.56. The molecule has 0 fully saturated rings. The van der Waals surface area contributed by atoms with Gasteiger partial charge in [0.05, 0.1) is 41.6 Å². The second-order valence-electron chi connectivity index (χ2n) is 9.74. The van der Waals surface area contributed by atoms with Gasteiger partial charge < -0.3 is 29.7 Å². The number of likely N-dealkylation sites (N-methyl/N-ethyl adjacent to an activating group) is 2. The number of methoxy groups -OCH3 is 1. The van der Waals surface area contributed by atoms with Gasteiger partial charge in [0.25, 0.3) is 0 Å². The highest BCUT2D eigenvalue weighted by molar-refractivity contribution is 6.02. The van der Waals surface area contributed by atoms with Crippen LogP contribution in [0.1, 0.15) is 5.56 Å². The van der Waals surface area contributed by atoms with Gasteiger partial charge in [-0.1, -0.05) is 36.9 Å². The molecule has 0 aliphatic carbocycles. The fourth-order valence-electron chi connectivity index (χ4n) is 4.43. The molecule has 10 heteroatoms. The summed E-state index contributed by atoms with van der Waals surface area (Å²) in [5.74, 6) is 0.523. The van der Waals surface area contributed by atoms with Crippen LogP contribution in [0.25, 0.3) is 22.2 Å². The molecule has 1 amide bonds. The Kier molecular flexibility index (Phi) is 9.02. The molecule has 0 aliphatic heterocycles. The number of hydrogen-bond donors (Lipinski definition) is 2. The first kappa shape index (κ1) is 28.9. The summed E-state index contributed by atoms with van der Waals surface area (Å²) in [6, 6.07) is 13.8. The lowest BCUT2D eigenvalue weighted by Gasteiger charge is -2.26. The second kappa shape index (κ2) is 12.8. The van der Waals surface area contributed by atoms with Crippen LogP contribution in [0.4, 0.5) is 23.0 Å². The van der Waals surface area contributed by atoms with E-state index in [-0.39, 0.29) is 11.9 Å². The van der Waals surface area contributed by atoms with E-state index < -0.39 is 0 Å². The third-order valence-corrected chi connectivity index (χ3v) is 6.56. The van der Waals surface area contributed by atoms with E-state index in [0.29, 0.717) is 28.4 Å². The molecule has 0 saturated heterocycles. The lowest BCUT2D eigenvalue weighted by molar-refractivity contribution is -0.111. The average Bonchev–Trinajstić information content (AvgIpc) is 3.31. The Hall–Kier alpha value is -5.14. The van der Waals surface area contributed by atoms with Crippen molar-refractivity contribution in [3.8, 4) is 23.1 Å². The van der Waals surface area contributed by atoms with Crippen LogP contribution in [0, 0.1) is 11.3 Å². The fraction of sp³-hybridized carbons (Fsp3) is 0.226. The number of carbonyl (C=O) groups excluding carboxylic acids is 1. The minimum Gasteiger partial charge on any atom is -0.494 e. The van der Waals surface area contributed by atoms with Crippen LogP contribution in [0.3, 0.4) is 0 Å². The van der Waals surface area contributed by atoms with E-state index in [0.717, 1.165) is 35.2 Å². The number of nitrogens with zero attached hydrogens (tertiary/aromatic N) is 6. The predicted octanol–water partition coefficient (Wildman–Crippen LogP) is 4.94. The highest BCUT2D eigenvalue weighted by Gasteiger charge is 2.19. The number of aryl methyl sites for hydroxylation is 1. The first-order chi connectivity index (χ1) is 19.7. The minimum atomic E-state index is -0.295. The number of fused-ring (bicyclic) bond motifs is 1. The zero-order chi connectivity index (χ0) is 29.5. The number of ether oxygens (including phenoxy) is 1. The van der Waals surface area contributed by atoms with Crippen molar-refractivity contribution in [2.24, 2.45) is 7.05 Å². The first-order valence-electron chi connectivity index (χ1n) is 13.0. The Bertz CT molecular complexity index is 1650. The van der Waals surface area contributed by atoms with Crippen LogP contribution in [-0.2, 0) is 11.8 Å². The number of amides is 1. The van der Waals surface area contributed by atoms with Crippen LogP contribution in [0.5, 0.6) is 5.75 Å². The Morgan fingerprint density at radius 2 is 1.98 bits per heavy atom. The molecule has 0 atom stereocenters. The van der Waals surface area contributed by atoms with Crippen molar-refractivity contribution in [2.45, 2.75) is 0 Å². The van der Waals surface area contributed by atoms with E-state index in [2.05, 4.69) is 38.1 Å². The van der Waals surface area contributed by atoms with E-state index in [1.54, 1.807) is 25.3 Å². The van der Waals surface area contributed by atoms with Crippen molar-refractivity contribution in [1.82, 2.24) is 19.4 Å². The molecule has 0 radical (unpaired) electrons. The zero-order valence-corrected chi connectivity index (χ0v) is 24.0. The van der Waals surface area contributed by atoms with Gasteiger partial charge in [0.2, 0.25) is 11.9 Å². The van der Waals surface area contributed by atoms with Gasteiger partial charge in [0.1, 0.15) is 11.8 Å². The summed E-state index contributed by atoms with van der Waals surface area (Å²) in [4.78, 5) is 25.9. The molecule has 2 heterocycles. The van der Waals surface area contributed by atoms with Crippen molar-refractivity contribution in [3.63, 3.8) is 0 Å². The first-order valence-corrected chi connectivity index (χ1v) is 13.0. The predicted molar refractivity (Wildman–Crippen MR) is 165 cm³/mol. The number of aromatic nitrogens is 3. The molecule has 4 aromatic rings. The molecule has 4 rings (SSSR count). The molecule has 0 spiro atoms. The van der Waals surface area contributed by atoms with Gasteiger partial charge >= 0.3 is 0 Å². The molecule has 210 valence electrons. The monoisotopic (exact) mass is 550 g/mol.